The minimum atomic E-state index is -0.531. The average molecular weight is 252 g/mol. The maximum atomic E-state index is 13.6. The molecule has 0 radical (unpaired) electrons. The Hall–Kier alpha value is -1.00. The van der Waals surface area contributed by atoms with Gasteiger partial charge in [-0.1, -0.05) is 12.5 Å². The van der Waals surface area contributed by atoms with Crippen molar-refractivity contribution in [3.63, 3.8) is 0 Å². The molecule has 2 saturated carbocycles. The number of benzene rings is 1. The van der Waals surface area contributed by atoms with Crippen molar-refractivity contribution in [2.24, 2.45) is 23.6 Å². The van der Waals surface area contributed by atoms with E-state index in [9.17, 15) is 8.78 Å². The molecule has 0 saturated heterocycles. The van der Waals surface area contributed by atoms with Crippen LogP contribution in [0.3, 0.4) is 0 Å². The van der Waals surface area contributed by atoms with Gasteiger partial charge >= 0.3 is 0 Å². The molecule has 3 N–H and O–H groups in total. The quantitative estimate of drug-likeness (QED) is 0.638. The molecule has 2 aliphatic rings. The first-order valence-corrected chi connectivity index (χ1v) is 6.60. The van der Waals surface area contributed by atoms with Crippen molar-refractivity contribution >= 4 is 0 Å². The highest BCUT2D eigenvalue weighted by molar-refractivity contribution is 5.21. The van der Waals surface area contributed by atoms with Crippen molar-refractivity contribution in [1.82, 2.24) is 5.43 Å². The van der Waals surface area contributed by atoms with Gasteiger partial charge < -0.3 is 0 Å². The summed E-state index contributed by atoms with van der Waals surface area (Å²) in [4.78, 5) is 0. The number of nitrogens with two attached hydrogens (primary N) is 1. The van der Waals surface area contributed by atoms with Crippen LogP contribution in [0, 0.1) is 29.4 Å². The Morgan fingerprint density at radius 1 is 1.28 bits per heavy atom. The number of fused-ring (bicyclic) bond motifs is 1. The zero-order valence-electron chi connectivity index (χ0n) is 10.2. The molecule has 2 nitrogen and oxygen atoms in total. The summed E-state index contributed by atoms with van der Waals surface area (Å²) in [6.45, 7) is 0. The molecule has 1 aromatic carbocycles. The number of halogens is 2. The molecule has 4 heteroatoms. The zero-order chi connectivity index (χ0) is 12.7. The van der Waals surface area contributed by atoms with Gasteiger partial charge in [0.15, 0.2) is 0 Å². The first-order chi connectivity index (χ1) is 8.70. The predicted molar refractivity (Wildman–Crippen MR) is 65.5 cm³/mol. The third kappa shape index (κ3) is 2.04. The van der Waals surface area contributed by atoms with Crippen molar-refractivity contribution in [3.8, 4) is 0 Å². The van der Waals surface area contributed by atoms with Crippen LogP contribution in [-0.4, -0.2) is 6.04 Å². The van der Waals surface area contributed by atoms with Crippen molar-refractivity contribution in [3.05, 3.63) is 35.4 Å². The van der Waals surface area contributed by atoms with Crippen LogP contribution in [0.2, 0.25) is 0 Å². The maximum Gasteiger partial charge on any atom is 0.129 e. The van der Waals surface area contributed by atoms with Gasteiger partial charge in [0, 0.05) is 12.1 Å². The van der Waals surface area contributed by atoms with Gasteiger partial charge in [-0.2, -0.15) is 0 Å². The Bertz CT molecular complexity index is 439. The van der Waals surface area contributed by atoms with E-state index in [1.54, 1.807) is 0 Å². The lowest BCUT2D eigenvalue weighted by Gasteiger charge is -2.18. The summed E-state index contributed by atoms with van der Waals surface area (Å²) in [6, 6.07) is 3.88. The Balaban J connectivity index is 1.70. The standard InChI is InChI=1S/C14H18F2N2/c15-9-5-4-8(12(16)7-9)6-13(18-17)14-10-2-1-3-11(10)14/h4-5,7,10-11,13-14,18H,1-3,6,17H2. The van der Waals surface area contributed by atoms with Gasteiger partial charge in [-0.05, 0) is 48.6 Å². The van der Waals surface area contributed by atoms with Crippen LogP contribution >= 0.6 is 0 Å². The van der Waals surface area contributed by atoms with Gasteiger partial charge in [0.05, 0.1) is 0 Å². The summed E-state index contributed by atoms with van der Waals surface area (Å²) in [5, 5.41) is 0. The molecule has 3 atom stereocenters. The highest BCUT2D eigenvalue weighted by atomic mass is 19.1. The molecule has 3 unspecified atom stereocenters. The average Bonchev–Trinajstić information content (AvgIpc) is 2.82. The number of hydrogen-bond donors (Lipinski definition) is 2. The van der Waals surface area contributed by atoms with Crippen LogP contribution in [0.25, 0.3) is 0 Å². The van der Waals surface area contributed by atoms with E-state index in [2.05, 4.69) is 5.43 Å². The molecular formula is C14H18F2N2. The van der Waals surface area contributed by atoms with Crippen molar-refractivity contribution < 1.29 is 8.78 Å². The van der Waals surface area contributed by atoms with E-state index >= 15 is 0 Å². The second-order valence-corrected chi connectivity index (χ2v) is 5.55. The molecule has 1 aromatic rings. The van der Waals surface area contributed by atoms with Gasteiger partial charge in [-0.15, -0.1) is 0 Å². The van der Waals surface area contributed by atoms with Crippen LogP contribution < -0.4 is 11.3 Å². The Kier molecular flexibility index (Phi) is 3.08. The topological polar surface area (TPSA) is 38.0 Å². The number of rotatable bonds is 4. The Labute approximate surface area is 106 Å². The lowest BCUT2D eigenvalue weighted by molar-refractivity contribution is 0.404. The predicted octanol–water partition coefficient (Wildman–Crippen LogP) is 2.39. The summed E-state index contributed by atoms with van der Waals surface area (Å²) < 4.78 is 26.5. The molecule has 0 aromatic heterocycles. The van der Waals surface area contributed by atoms with E-state index in [4.69, 9.17) is 5.84 Å². The number of nitrogens with one attached hydrogen (secondary N) is 1. The van der Waals surface area contributed by atoms with Gasteiger partial charge in [0.2, 0.25) is 0 Å². The minimum absolute atomic E-state index is 0.111. The highest BCUT2D eigenvalue weighted by Crippen LogP contribution is 2.59. The van der Waals surface area contributed by atoms with Crippen LogP contribution in [0.15, 0.2) is 18.2 Å². The smallest absolute Gasteiger partial charge is 0.129 e. The van der Waals surface area contributed by atoms with Crippen molar-refractivity contribution in [2.45, 2.75) is 31.7 Å². The molecule has 98 valence electrons. The molecular weight excluding hydrogens is 234 g/mol. The molecule has 2 fully saturated rings. The molecule has 3 rings (SSSR count). The van der Waals surface area contributed by atoms with E-state index in [-0.39, 0.29) is 6.04 Å². The van der Waals surface area contributed by atoms with E-state index in [1.807, 2.05) is 0 Å². The fourth-order valence-corrected chi connectivity index (χ4v) is 3.70. The molecule has 0 bridgehead atoms. The van der Waals surface area contributed by atoms with E-state index < -0.39 is 11.6 Å². The summed E-state index contributed by atoms with van der Waals surface area (Å²) in [5.41, 5.74) is 3.37. The first-order valence-electron chi connectivity index (χ1n) is 6.60. The summed E-state index contributed by atoms with van der Waals surface area (Å²) >= 11 is 0. The number of hydrogen-bond acceptors (Lipinski definition) is 2. The van der Waals surface area contributed by atoms with Crippen LogP contribution in [0.1, 0.15) is 24.8 Å². The Morgan fingerprint density at radius 3 is 2.61 bits per heavy atom. The minimum Gasteiger partial charge on any atom is -0.271 e. The summed E-state index contributed by atoms with van der Waals surface area (Å²) in [5.74, 6) is 6.72. The third-order valence-corrected chi connectivity index (χ3v) is 4.61. The van der Waals surface area contributed by atoms with E-state index in [1.165, 1.54) is 31.4 Å². The molecule has 18 heavy (non-hydrogen) atoms. The number of hydrazine groups is 1. The fraction of sp³-hybridized carbons (Fsp3) is 0.571. The van der Waals surface area contributed by atoms with Gasteiger partial charge in [0.1, 0.15) is 11.6 Å². The van der Waals surface area contributed by atoms with E-state index in [0.717, 1.165) is 17.9 Å². The molecule has 0 amide bonds. The van der Waals surface area contributed by atoms with Crippen LogP contribution in [0.5, 0.6) is 0 Å². The van der Waals surface area contributed by atoms with Crippen LogP contribution in [-0.2, 0) is 6.42 Å². The van der Waals surface area contributed by atoms with Gasteiger partial charge in [-0.3, -0.25) is 11.3 Å². The fourth-order valence-electron chi connectivity index (χ4n) is 3.70. The molecule has 0 spiro atoms. The molecule has 0 aliphatic heterocycles. The largest absolute Gasteiger partial charge is 0.271 e. The van der Waals surface area contributed by atoms with Crippen molar-refractivity contribution in [1.29, 1.82) is 0 Å². The summed E-state index contributed by atoms with van der Waals surface area (Å²) in [6.07, 6.45) is 4.41. The SMILES string of the molecule is NNC(Cc1ccc(F)cc1F)C1C2CCCC21. The summed E-state index contributed by atoms with van der Waals surface area (Å²) in [7, 11) is 0. The highest BCUT2D eigenvalue weighted by Gasteiger charge is 2.55. The second kappa shape index (κ2) is 4.59. The second-order valence-electron chi connectivity index (χ2n) is 5.55. The third-order valence-electron chi connectivity index (χ3n) is 4.61. The molecule has 2 aliphatic carbocycles. The van der Waals surface area contributed by atoms with E-state index in [0.29, 0.717) is 17.9 Å². The zero-order valence-corrected chi connectivity index (χ0v) is 10.2. The molecule has 0 heterocycles. The normalized spacial score (nSPS) is 31.2. The Morgan fingerprint density at radius 2 is 2.00 bits per heavy atom. The van der Waals surface area contributed by atoms with Gasteiger partial charge in [-0.25, -0.2) is 8.78 Å². The van der Waals surface area contributed by atoms with Crippen molar-refractivity contribution in [2.75, 3.05) is 0 Å². The first kappa shape index (κ1) is 12.1. The lowest BCUT2D eigenvalue weighted by atomic mass is 9.97. The van der Waals surface area contributed by atoms with Gasteiger partial charge in [0.25, 0.3) is 0 Å². The maximum absolute atomic E-state index is 13.6. The lowest BCUT2D eigenvalue weighted by Crippen LogP contribution is -2.39. The van der Waals surface area contributed by atoms with Crippen LogP contribution in [0.4, 0.5) is 8.78 Å². The monoisotopic (exact) mass is 252 g/mol.